The third-order valence-electron chi connectivity index (χ3n) is 3.05. The number of nitrogens with zero attached hydrogens (tertiary/aromatic N) is 1. The van der Waals surface area contributed by atoms with E-state index in [2.05, 4.69) is 0 Å². The summed E-state index contributed by atoms with van der Waals surface area (Å²) in [6.07, 6.45) is 0. The lowest BCUT2D eigenvalue weighted by Gasteiger charge is -2.29. The monoisotopic (exact) mass is 280 g/mol. The lowest BCUT2D eigenvalue weighted by molar-refractivity contribution is -0.133. The van der Waals surface area contributed by atoms with Crippen molar-refractivity contribution in [3.05, 3.63) is 24.3 Å². The van der Waals surface area contributed by atoms with Gasteiger partial charge in [-0.2, -0.15) is 0 Å². The maximum atomic E-state index is 12.0. The largest absolute Gasteiger partial charge is 0.497 e. The summed E-state index contributed by atoms with van der Waals surface area (Å²) in [7, 11) is 3.35. The number of nitrogens with two attached hydrogens (primary N) is 1. The van der Waals surface area contributed by atoms with Crippen LogP contribution in [-0.2, 0) is 4.79 Å². The van der Waals surface area contributed by atoms with E-state index in [-0.39, 0.29) is 17.9 Å². The van der Waals surface area contributed by atoms with Gasteiger partial charge in [-0.15, -0.1) is 0 Å². The van der Waals surface area contributed by atoms with Crippen molar-refractivity contribution in [1.29, 1.82) is 0 Å². The van der Waals surface area contributed by atoms with Gasteiger partial charge < -0.3 is 20.1 Å². The molecule has 1 rings (SSSR count). The summed E-state index contributed by atoms with van der Waals surface area (Å²) in [5.74, 6) is 1.24. The van der Waals surface area contributed by atoms with Crippen molar-refractivity contribution in [3.63, 3.8) is 0 Å². The van der Waals surface area contributed by atoms with E-state index in [4.69, 9.17) is 15.2 Å². The Balaban J connectivity index is 2.50. The van der Waals surface area contributed by atoms with E-state index >= 15 is 0 Å². The molecule has 0 aliphatic rings. The van der Waals surface area contributed by atoms with Gasteiger partial charge in [-0.1, -0.05) is 19.9 Å². The SMILES string of the molecule is COc1cccc(OCC(=O)N(C)CC(C)(C)CN)c1. The maximum Gasteiger partial charge on any atom is 0.260 e. The summed E-state index contributed by atoms with van der Waals surface area (Å²) >= 11 is 0. The van der Waals surface area contributed by atoms with E-state index < -0.39 is 0 Å². The van der Waals surface area contributed by atoms with E-state index in [0.717, 1.165) is 0 Å². The minimum Gasteiger partial charge on any atom is -0.497 e. The molecule has 0 unspecified atom stereocenters. The first-order valence-corrected chi connectivity index (χ1v) is 6.59. The van der Waals surface area contributed by atoms with Crippen LogP contribution in [0, 0.1) is 5.41 Å². The molecule has 0 spiro atoms. The zero-order valence-corrected chi connectivity index (χ0v) is 12.7. The van der Waals surface area contributed by atoms with Crippen molar-refractivity contribution in [3.8, 4) is 11.5 Å². The Morgan fingerprint density at radius 3 is 2.60 bits per heavy atom. The van der Waals surface area contributed by atoms with Crippen molar-refractivity contribution in [2.45, 2.75) is 13.8 Å². The molecule has 5 nitrogen and oxygen atoms in total. The van der Waals surface area contributed by atoms with Crippen LogP contribution >= 0.6 is 0 Å². The van der Waals surface area contributed by atoms with Gasteiger partial charge >= 0.3 is 0 Å². The Bertz CT molecular complexity index is 446. The highest BCUT2D eigenvalue weighted by Gasteiger charge is 2.21. The van der Waals surface area contributed by atoms with Crippen molar-refractivity contribution in [2.24, 2.45) is 11.1 Å². The van der Waals surface area contributed by atoms with Gasteiger partial charge in [-0.05, 0) is 24.1 Å². The highest BCUT2D eigenvalue weighted by molar-refractivity contribution is 5.77. The standard InChI is InChI=1S/C15H24N2O3/c1-15(2,10-16)11-17(3)14(18)9-20-13-7-5-6-12(8-13)19-4/h5-8H,9-11,16H2,1-4H3. The van der Waals surface area contributed by atoms with Crippen molar-refractivity contribution in [1.82, 2.24) is 4.90 Å². The molecular weight excluding hydrogens is 256 g/mol. The predicted molar refractivity (Wildman–Crippen MR) is 79.0 cm³/mol. The van der Waals surface area contributed by atoms with E-state index in [1.54, 1.807) is 31.2 Å². The lowest BCUT2D eigenvalue weighted by Crippen LogP contribution is -2.41. The summed E-state index contributed by atoms with van der Waals surface area (Å²) in [6, 6.07) is 7.18. The smallest absolute Gasteiger partial charge is 0.260 e. The minimum absolute atomic E-state index is 0.00428. The van der Waals surface area contributed by atoms with Crippen LogP contribution < -0.4 is 15.2 Å². The second kappa shape index (κ2) is 7.14. The number of amides is 1. The normalized spacial score (nSPS) is 11.1. The van der Waals surface area contributed by atoms with E-state index in [1.807, 2.05) is 26.0 Å². The number of methoxy groups -OCH3 is 1. The number of hydrogen-bond donors (Lipinski definition) is 1. The van der Waals surface area contributed by atoms with Crippen LogP contribution in [0.4, 0.5) is 0 Å². The van der Waals surface area contributed by atoms with E-state index in [1.165, 1.54) is 0 Å². The lowest BCUT2D eigenvalue weighted by atomic mass is 9.93. The first kappa shape index (κ1) is 16.3. The zero-order chi connectivity index (χ0) is 15.2. The molecule has 0 aromatic heterocycles. The maximum absolute atomic E-state index is 12.0. The Morgan fingerprint density at radius 1 is 1.35 bits per heavy atom. The summed E-state index contributed by atoms with van der Waals surface area (Å²) < 4.78 is 10.6. The first-order chi connectivity index (χ1) is 9.38. The van der Waals surface area contributed by atoms with E-state index in [9.17, 15) is 4.79 Å². The van der Waals surface area contributed by atoms with Gasteiger partial charge in [0.2, 0.25) is 0 Å². The van der Waals surface area contributed by atoms with Crippen LogP contribution in [0.2, 0.25) is 0 Å². The molecule has 0 atom stereocenters. The number of hydrogen-bond acceptors (Lipinski definition) is 4. The quantitative estimate of drug-likeness (QED) is 0.822. The molecule has 0 aliphatic heterocycles. The van der Waals surface area contributed by atoms with Crippen LogP contribution in [0.1, 0.15) is 13.8 Å². The molecular formula is C15H24N2O3. The molecule has 0 radical (unpaired) electrons. The average Bonchev–Trinajstić information content (AvgIpc) is 2.44. The van der Waals surface area contributed by atoms with Gasteiger partial charge in [0.15, 0.2) is 6.61 Å². The fraction of sp³-hybridized carbons (Fsp3) is 0.533. The molecule has 0 fully saturated rings. The number of benzene rings is 1. The van der Waals surface area contributed by atoms with Crippen LogP contribution in [-0.4, -0.2) is 44.7 Å². The Hall–Kier alpha value is -1.75. The van der Waals surface area contributed by atoms with Crippen molar-refractivity contribution in [2.75, 3.05) is 33.9 Å². The topological polar surface area (TPSA) is 64.8 Å². The molecule has 1 amide bonds. The van der Waals surface area contributed by atoms with Crippen LogP contribution in [0.5, 0.6) is 11.5 Å². The third-order valence-corrected chi connectivity index (χ3v) is 3.05. The molecule has 2 N–H and O–H groups in total. The fourth-order valence-corrected chi connectivity index (χ4v) is 1.74. The highest BCUT2D eigenvalue weighted by Crippen LogP contribution is 2.19. The molecule has 0 bridgehead atoms. The number of carbonyl (C=O) groups is 1. The molecule has 1 aromatic rings. The van der Waals surface area contributed by atoms with Gasteiger partial charge in [-0.3, -0.25) is 4.79 Å². The van der Waals surface area contributed by atoms with Crippen LogP contribution in [0.15, 0.2) is 24.3 Å². The molecule has 1 aromatic carbocycles. The summed E-state index contributed by atoms with van der Waals surface area (Å²) in [4.78, 5) is 13.6. The summed E-state index contributed by atoms with van der Waals surface area (Å²) in [6.45, 7) is 5.19. The third kappa shape index (κ3) is 5.09. The van der Waals surface area contributed by atoms with Crippen molar-refractivity contribution < 1.29 is 14.3 Å². The minimum atomic E-state index is -0.0968. The van der Waals surface area contributed by atoms with Gasteiger partial charge in [0.1, 0.15) is 11.5 Å². The van der Waals surface area contributed by atoms with Crippen molar-refractivity contribution >= 4 is 5.91 Å². The second-order valence-corrected chi connectivity index (χ2v) is 5.59. The number of ether oxygens (including phenoxy) is 2. The summed E-state index contributed by atoms with van der Waals surface area (Å²) in [5, 5.41) is 0. The molecule has 5 heteroatoms. The number of carbonyl (C=O) groups excluding carboxylic acids is 1. The fourth-order valence-electron chi connectivity index (χ4n) is 1.74. The average molecular weight is 280 g/mol. The predicted octanol–water partition coefficient (Wildman–Crippen LogP) is 1.52. The van der Waals surface area contributed by atoms with Gasteiger partial charge in [0.05, 0.1) is 7.11 Å². The Kier molecular flexibility index (Phi) is 5.82. The molecule has 0 saturated carbocycles. The molecule has 0 heterocycles. The summed E-state index contributed by atoms with van der Waals surface area (Å²) in [5.41, 5.74) is 5.57. The molecule has 0 saturated heterocycles. The molecule has 112 valence electrons. The van der Waals surface area contributed by atoms with Gasteiger partial charge in [0.25, 0.3) is 5.91 Å². The first-order valence-electron chi connectivity index (χ1n) is 6.59. The number of likely N-dealkylation sites (N-methyl/N-ethyl adjacent to an activating group) is 1. The number of rotatable bonds is 7. The molecule has 0 aliphatic carbocycles. The van der Waals surface area contributed by atoms with Crippen LogP contribution in [0.3, 0.4) is 0 Å². The second-order valence-electron chi connectivity index (χ2n) is 5.59. The Morgan fingerprint density at radius 2 is 2.00 bits per heavy atom. The zero-order valence-electron chi connectivity index (χ0n) is 12.7. The van der Waals surface area contributed by atoms with E-state index in [0.29, 0.717) is 24.6 Å². The van der Waals surface area contributed by atoms with Gasteiger partial charge in [0, 0.05) is 19.7 Å². The molecule has 20 heavy (non-hydrogen) atoms. The Labute approximate surface area is 120 Å². The highest BCUT2D eigenvalue weighted by atomic mass is 16.5. The van der Waals surface area contributed by atoms with Crippen LogP contribution in [0.25, 0.3) is 0 Å². The van der Waals surface area contributed by atoms with Gasteiger partial charge in [-0.25, -0.2) is 0 Å².